The molecule has 0 unspecified atom stereocenters. The fourth-order valence-electron chi connectivity index (χ4n) is 3.29. The topological polar surface area (TPSA) is 53.7 Å². The number of amides is 1. The summed E-state index contributed by atoms with van der Waals surface area (Å²) in [5.74, 6) is 0.00570. The van der Waals surface area contributed by atoms with Gasteiger partial charge in [-0.1, -0.05) is 30.3 Å². The average Bonchev–Trinajstić information content (AvgIpc) is 3.12. The van der Waals surface area contributed by atoms with E-state index in [0.29, 0.717) is 11.3 Å². The quantitative estimate of drug-likeness (QED) is 0.735. The molecule has 2 aromatic heterocycles. The van der Waals surface area contributed by atoms with Crippen LogP contribution in [-0.2, 0) is 6.54 Å². The second-order valence-corrected chi connectivity index (χ2v) is 6.44. The van der Waals surface area contributed by atoms with E-state index in [1.54, 1.807) is 10.7 Å². The summed E-state index contributed by atoms with van der Waals surface area (Å²) in [7, 11) is 0. The summed E-state index contributed by atoms with van der Waals surface area (Å²) in [5.41, 5.74) is 3.44. The maximum absolute atomic E-state index is 12.8. The van der Waals surface area contributed by atoms with E-state index in [4.69, 9.17) is 0 Å². The fraction of sp³-hybridized carbons (Fsp3) is 0.316. The van der Waals surface area contributed by atoms with E-state index in [1.807, 2.05) is 30.0 Å². The summed E-state index contributed by atoms with van der Waals surface area (Å²) in [5, 5.41) is 4.20. The first-order valence-electron chi connectivity index (χ1n) is 8.58. The van der Waals surface area contributed by atoms with Crippen molar-refractivity contribution in [1.29, 1.82) is 0 Å². The second kappa shape index (κ2) is 6.64. The molecule has 25 heavy (non-hydrogen) atoms. The molecule has 6 heteroatoms. The lowest BCUT2D eigenvalue weighted by molar-refractivity contribution is 0.0622. The Morgan fingerprint density at radius 1 is 1.08 bits per heavy atom. The first-order chi connectivity index (χ1) is 12.2. The Hall–Kier alpha value is -2.73. The summed E-state index contributed by atoms with van der Waals surface area (Å²) < 4.78 is 1.74. The molecule has 0 aliphatic carbocycles. The van der Waals surface area contributed by atoms with Gasteiger partial charge in [0.2, 0.25) is 0 Å². The number of carbonyl (C=O) groups excluding carboxylic acids is 1. The summed E-state index contributed by atoms with van der Waals surface area (Å²) >= 11 is 0. The Labute approximate surface area is 146 Å². The van der Waals surface area contributed by atoms with E-state index >= 15 is 0 Å². The molecule has 0 saturated carbocycles. The zero-order chi connectivity index (χ0) is 17.2. The van der Waals surface area contributed by atoms with Crippen LogP contribution in [0.25, 0.3) is 5.65 Å². The Morgan fingerprint density at radius 2 is 1.84 bits per heavy atom. The van der Waals surface area contributed by atoms with Crippen LogP contribution in [0.4, 0.5) is 0 Å². The molecule has 128 valence electrons. The Kier molecular flexibility index (Phi) is 4.19. The number of aryl methyl sites for hydroxylation is 1. The van der Waals surface area contributed by atoms with Crippen LogP contribution in [-0.4, -0.2) is 56.5 Å². The number of rotatable bonds is 3. The maximum atomic E-state index is 12.8. The van der Waals surface area contributed by atoms with Crippen molar-refractivity contribution in [1.82, 2.24) is 24.4 Å². The zero-order valence-corrected chi connectivity index (χ0v) is 14.3. The van der Waals surface area contributed by atoms with Crippen molar-refractivity contribution in [2.45, 2.75) is 13.5 Å². The van der Waals surface area contributed by atoms with Crippen LogP contribution < -0.4 is 0 Å². The smallest absolute Gasteiger partial charge is 0.272 e. The molecule has 1 saturated heterocycles. The highest BCUT2D eigenvalue weighted by Crippen LogP contribution is 2.13. The SMILES string of the molecule is Cc1cc(C(=O)N2CCN(Cc3ccccc3)CC2)nc2ccnn12. The van der Waals surface area contributed by atoms with Crippen LogP contribution in [0, 0.1) is 6.92 Å². The molecule has 0 bridgehead atoms. The summed E-state index contributed by atoms with van der Waals surface area (Å²) in [4.78, 5) is 21.5. The van der Waals surface area contributed by atoms with Gasteiger partial charge < -0.3 is 4.90 Å². The standard InChI is InChI=1S/C19H21N5O/c1-15-13-17(21-18-7-8-20-24(15)18)19(25)23-11-9-22(10-12-23)14-16-5-3-2-4-6-16/h2-8,13H,9-12,14H2,1H3. The van der Waals surface area contributed by atoms with E-state index in [9.17, 15) is 4.79 Å². The second-order valence-electron chi connectivity index (χ2n) is 6.44. The molecule has 0 spiro atoms. The molecule has 4 rings (SSSR count). The molecule has 1 fully saturated rings. The van der Waals surface area contributed by atoms with E-state index in [0.717, 1.165) is 38.4 Å². The molecule has 1 amide bonds. The predicted molar refractivity (Wildman–Crippen MR) is 95.3 cm³/mol. The minimum absolute atomic E-state index is 0.00570. The van der Waals surface area contributed by atoms with Gasteiger partial charge in [-0.3, -0.25) is 9.69 Å². The predicted octanol–water partition coefficient (Wildman–Crippen LogP) is 2.00. The van der Waals surface area contributed by atoms with Crippen molar-refractivity contribution in [3.8, 4) is 0 Å². The van der Waals surface area contributed by atoms with Gasteiger partial charge in [-0.25, -0.2) is 9.50 Å². The molecule has 0 radical (unpaired) electrons. The van der Waals surface area contributed by atoms with Crippen molar-refractivity contribution in [3.05, 3.63) is 65.6 Å². The maximum Gasteiger partial charge on any atom is 0.272 e. The fourth-order valence-corrected chi connectivity index (χ4v) is 3.29. The van der Waals surface area contributed by atoms with Gasteiger partial charge in [0, 0.05) is 44.5 Å². The molecular weight excluding hydrogens is 314 g/mol. The molecule has 1 aliphatic rings. The van der Waals surface area contributed by atoms with Gasteiger partial charge in [0.05, 0.1) is 6.20 Å². The van der Waals surface area contributed by atoms with E-state index in [2.05, 4.69) is 39.2 Å². The van der Waals surface area contributed by atoms with Crippen LogP contribution in [0.3, 0.4) is 0 Å². The number of hydrogen-bond donors (Lipinski definition) is 0. The highest BCUT2D eigenvalue weighted by atomic mass is 16.2. The van der Waals surface area contributed by atoms with Gasteiger partial charge in [-0.15, -0.1) is 0 Å². The van der Waals surface area contributed by atoms with Crippen LogP contribution in [0.5, 0.6) is 0 Å². The highest BCUT2D eigenvalue weighted by molar-refractivity contribution is 5.93. The molecule has 0 N–H and O–H groups in total. The van der Waals surface area contributed by atoms with Gasteiger partial charge >= 0.3 is 0 Å². The van der Waals surface area contributed by atoms with Gasteiger partial charge in [-0.2, -0.15) is 5.10 Å². The highest BCUT2D eigenvalue weighted by Gasteiger charge is 2.23. The minimum Gasteiger partial charge on any atom is -0.335 e. The van der Waals surface area contributed by atoms with Crippen molar-refractivity contribution >= 4 is 11.6 Å². The largest absolute Gasteiger partial charge is 0.335 e. The summed E-state index contributed by atoms with van der Waals surface area (Å²) in [6, 6.07) is 14.1. The van der Waals surface area contributed by atoms with E-state index < -0.39 is 0 Å². The van der Waals surface area contributed by atoms with Crippen LogP contribution in [0.1, 0.15) is 21.7 Å². The Balaban J connectivity index is 1.42. The van der Waals surface area contributed by atoms with E-state index in [1.165, 1.54) is 5.56 Å². The molecular formula is C19H21N5O. The van der Waals surface area contributed by atoms with Crippen LogP contribution in [0.15, 0.2) is 48.7 Å². The Bertz CT molecular complexity index is 881. The number of piperazine rings is 1. The number of hydrogen-bond acceptors (Lipinski definition) is 4. The van der Waals surface area contributed by atoms with Crippen molar-refractivity contribution in [2.24, 2.45) is 0 Å². The van der Waals surface area contributed by atoms with Crippen molar-refractivity contribution in [2.75, 3.05) is 26.2 Å². The number of aromatic nitrogens is 3. The van der Waals surface area contributed by atoms with Gasteiger partial charge in [0.1, 0.15) is 5.69 Å². The average molecular weight is 335 g/mol. The molecule has 3 heterocycles. The lowest BCUT2D eigenvalue weighted by atomic mass is 10.2. The molecule has 1 aliphatic heterocycles. The van der Waals surface area contributed by atoms with Crippen LogP contribution in [0.2, 0.25) is 0 Å². The number of nitrogens with zero attached hydrogens (tertiary/aromatic N) is 5. The number of fused-ring (bicyclic) bond motifs is 1. The van der Waals surface area contributed by atoms with E-state index in [-0.39, 0.29) is 5.91 Å². The van der Waals surface area contributed by atoms with Crippen LogP contribution >= 0.6 is 0 Å². The number of benzene rings is 1. The molecule has 1 aromatic carbocycles. The monoisotopic (exact) mass is 335 g/mol. The molecule has 0 atom stereocenters. The molecule has 3 aromatic rings. The van der Waals surface area contributed by atoms with Gasteiger partial charge in [-0.05, 0) is 18.6 Å². The molecule has 6 nitrogen and oxygen atoms in total. The summed E-state index contributed by atoms with van der Waals surface area (Å²) in [6.07, 6.45) is 1.70. The normalized spacial score (nSPS) is 15.6. The summed E-state index contributed by atoms with van der Waals surface area (Å²) in [6.45, 7) is 6.11. The lowest BCUT2D eigenvalue weighted by Crippen LogP contribution is -2.48. The lowest BCUT2D eigenvalue weighted by Gasteiger charge is -2.34. The van der Waals surface area contributed by atoms with Crippen molar-refractivity contribution in [3.63, 3.8) is 0 Å². The number of carbonyl (C=O) groups is 1. The first-order valence-corrected chi connectivity index (χ1v) is 8.58. The first kappa shape index (κ1) is 15.8. The Morgan fingerprint density at radius 3 is 2.60 bits per heavy atom. The van der Waals surface area contributed by atoms with Gasteiger partial charge in [0.15, 0.2) is 5.65 Å². The van der Waals surface area contributed by atoms with Gasteiger partial charge in [0.25, 0.3) is 5.91 Å². The third kappa shape index (κ3) is 3.25. The van der Waals surface area contributed by atoms with Crippen molar-refractivity contribution < 1.29 is 4.79 Å². The zero-order valence-electron chi connectivity index (χ0n) is 14.3. The third-order valence-corrected chi connectivity index (χ3v) is 4.67. The minimum atomic E-state index is 0.00570. The third-order valence-electron chi connectivity index (χ3n) is 4.67.